The molecule has 2 N–H and O–H groups in total. The van der Waals surface area contributed by atoms with Crippen molar-refractivity contribution in [2.75, 3.05) is 49.1 Å². The number of nitrogens with one attached hydrogen (secondary N) is 2. The summed E-state index contributed by atoms with van der Waals surface area (Å²) in [7, 11) is 0. The van der Waals surface area contributed by atoms with Gasteiger partial charge >= 0.3 is 0 Å². The van der Waals surface area contributed by atoms with Gasteiger partial charge in [-0.2, -0.15) is 10.5 Å². The van der Waals surface area contributed by atoms with E-state index in [0.717, 1.165) is 60.7 Å². The number of nitriles is 2. The first-order valence-electron chi connectivity index (χ1n) is 21.3. The summed E-state index contributed by atoms with van der Waals surface area (Å²) in [5.41, 5.74) is 1.56. The number of hydrogen-bond donors (Lipinski definition) is 2. The van der Waals surface area contributed by atoms with Crippen LogP contribution in [0.25, 0.3) is 21.8 Å². The molecule has 2 aromatic heterocycles. The lowest BCUT2D eigenvalue weighted by atomic mass is 9.86. The van der Waals surface area contributed by atoms with Crippen LogP contribution in [0.15, 0.2) is 60.9 Å². The van der Waals surface area contributed by atoms with Gasteiger partial charge in [0.25, 0.3) is 11.8 Å². The molecule has 2 aliphatic carbocycles. The number of benzene rings is 2. The van der Waals surface area contributed by atoms with Crippen LogP contribution in [-0.4, -0.2) is 96.8 Å². The quantitative estimate of drug-likeness (QED) is 0.190. The Hall–Kier alpha value is -5.44. The van der Waals surface area contributed by atoms with Crippen molar-refractivity contribution in [3.05, 3.63) is 72.1 Å². The predicted octanol–water partition coefficient (Wildman–Crippen LogP) is 6.98. The van der Waals surface area contributed by atoms with Crippen LogP contribution >= 0.6 is 0 Å². The molecular weight excluding hydrogens is 767 g/mol. The molecule has 0 radical (unpaired) electrons. The van der Waals surface area contributed by atoms with E-state index < -0.39 is 23.5 Å². The van der Waals surface area contributed by atoms with Gasteiger partial charge in [0, 0.05) is 47.6 Å². The maximum Gasteiger partial charge on any atom is 0.251 e. The Balaban J connectivity index is 0.000000181. The highest BCUT2D eigenvalue weighted by molar-refractivity contribution is 5.96. The van der Waals surface area contributed by atoms with E-state index in [2.05, 4.69) is 42.5 Å². The number of ether oxygens (including phenoxy) is 2. The zero-order valence-electron chi connectivity index (χ0n) is 34.5. The molecule has 2 amide bonds. The Bertz CT molecular complexity index is 2090. The van der Waals surface area contributed by atoms with Crippen LogP contribution < -0.4 is 20.4 Å². The number of anilines is 2. The van der Waals surface area contributed by atoms with Gasteiger partial charge in [0.15, 0.2) is 12.2 Å². The standard InChI is InChI=1S/2C23H27FN4O2/c2*1-16-13-28(19-8-7-17(12-25)21-18(19)6-5-11-26-21)14-20(30-16)22(29)27-15-23(24)9-3-2-4-10-23/h2*5-8,11,16,20H,2-4,9-10,13-15H2,1H3,(H,27,29). The molecule has 4 heterocycles. The van der Waals surface area contributed by atoms with E-state index in [1.54, 1.807) is 24.5 Å². The molecule has 8 rings (SSSR count). The minimum atomic E-state index is -1.30. The van der Waals surface area contributed by atoms with Crippen LogP contribution in [0.4, 0.5) is 20.2 Å². The van der Waals surface area contributed by atoms with Crippen molar-refractivity contribution >= 4 is 45.0 Å². The van der Waals surface area contributed by atoms with E-state index in [0.29, 0.717) is 74.0 Å². The molecule has 0 bridgehead atoms. The number of halogens is 2. The molecule has 2 aliphatic heterocycles. The van der Waals surface area contributed by atoms with Gasteiger partial charge in [-0.15, -0.1) is 0 Å². The predicted molar refractivity (Wildman–Crippen MR) is 226 cm³/mol. The Morgan fingerprint density at radius 3 is 1.45 bits per heavy atom. The van der Waals surface area contributed by atoms with Gasteiger partial charge in [-0.1, -0.05) is 38.5 Å². The van der Waals surface area contributed by atoms with Crippen molar-refractivity contribution in [1.82, 2.24) is 20.6 Å². The first-order valence-corrected chi connectivity index (χ1v) is 21.3. The van der Waals surface area contributed by atoms with Crippen LogP contribution in [0.5, 0.6) is 0 Å². The average Bonchev–Trinajstić information content (AvgIpc) is 3.27. The largest absolute Gasteiger partial charge is 0.365 e. The van der Waals surface area contributed by atoms with Gasteiger partial charge < -0.3 is 29.9 Å². The number of alkyl halides is 2. The van der Waals surface area contributed by atoms with Crippen LogP contribution in [0, 0.1) is 22.7 Å². The number of hydrogen-bond acceptors (Lipinski definition) is 10. The smallest absolute Gasteiger partial charge is 0.251 e. The number of nitrogens with zero attached hydrogens (tertiary/aromatic N) is 6. The SMILES string of the molecule is CC1CN(c2ccc(C#N)c3ncccc23)CC(C(=O)NCC2(F)CCCCC2)O1.CC1CN(c2ccc(C#N)c3ncccc23)CC(C(=O)NCC2(F)CCCCC2)O1. The Morgan fingerprint density at radius 1 is 0.667 bits per heavy atom. The van der Waals surface area contributed by atoms with Gasteiger partial charge in [0.2, 0.25) is 0 Å². The third-order valence-electron chi connectivity index (χ3n) is 12.2. The molecule has 316 valence electrons. The van der Waals surface area contributed by atoms with Crippen molar-refractivity contribution in [2.24, 2.45) is 0 Å². The molecule has 60 heavy (non-hydrogen) atoms. The zero-order chi connectivity index (χ0) is 42.3. The van der Waals surface area contributed by atoms with Gasteiger partial charge in [-0.3, -0.25) is 19.6 Å². The summed E-state index contributed by atoms with van der Waals surface area (Å²) in [6.07, 6.45) is 9.29. The second kappa shape index (κ2) is 18.9. The van der Waals surface area contributed by atoms with E-state index in [1.165, 1.54) is 0 Å². The lowest BCUT2D eigenvalue weighted by Gasteiger charge is -2.38. The molecule has 4 aromatic rings. The van der Waals surface area contributed by atoms with Gasteiger partial charge in [-0.25, -0.2) is 8.78 Å². The number of carbonyl (C=O) groups excluding carboxylic acids is 2. The fourth-order valence-electron chi connectivity index (χ4n) is 9.08. The van der Waals surface area contributed by atoms with Crippen LogP contribution in [0.3, 0.4) is 0 Å². The number of fused-ring (bicyclic) bond motifs is 2. The molecule has 4 atom stereocenters. The number of amides is 2. The normalized spacial score (nSPS) is 23.7. The lowest BCUT2D eigenvalue weighted by Crippen LogP contribution is -2.54. The molecule has 2 saturated carbocycles. The van der Waals surface area contributed by atoms with Crippen molar-refractivity contribution in [2.45, 2.75) is 114 Å². The molecule has 2 aromatic carbocycles. The maximum atomic E-state index is 14.9. The summed E-state index contributed by atoms with van der Waals surface area (Å²) in [6, 6.07) is 19.2. The van der Waals surface area contributed by atoms with E-state index in [9.17, 15) is 28.9 Å². The molecule has 0 spiro atoms. The minimum Gasteiger partial charge on any atom is -0.365 e. The molecule has 14 heteroatoms. The zero-order valence-corrected chi connectivity index (χ0v) is 34.5. The van der Waals surface area contributed by atoms with Crippen molar-refractivity contribution in [3.63, 3.8) is 0 Å². The minimum absolute atomic E-state index is 0.0454. The summed E-state index contributed by atoms with van der Waals surface area (Å²) < 4.78 is 41.5. The number of aromatic nitrogens is 2. The fourth-order valence-corrected chi connectivity index (χ4v) is 9.08. The summed E-state index contributed by atoms with van der Waals surface area (Å²) >= 11 is 0. The average molecular weight is 821 g/mol. The summed E-state index contributed by atoms with van der Waals surface area (Å²) in [6.45, 7) is 5.91. The van der Waals surface area contributed by atoms with E-state index in [4.69, 9.17) is 9.47 Å². The highest BCUT2D eigenvalue weighted by Gasteiger charge is 2.37. The van der Waals surface area contributed by atoms with Crippen LogP contribution in [0.2, 0.25) is 0 Å². The second-order valence-corrected chi connectivity index (χ2v) is 16.8. The molecule has 4 fully saturated rings. The van der Waals surface area contributed by atoms with E-state index in [-0.39, 0.29) is 37.1 Å². The van der Waals surface area contributed by atoms with E-state index >= 15 is 0 Å². The lowest BCUT2D eigenvalue weighted by molar-refractivity contribution is -0.138. The molecule has 12 nitrogen and oxygen atoms in total. The third-order valence-corrected chi connectivity index (χ3v) is 12.2. The van der Waals surface area contributed by atoms with Crippen LogP contribution in [0.1, 0.15) is 89.2 Å². The highest BCUT2D eigenvalue weighted by Crippen LogP contribution is 2.34. The number of rotatable bonds is 8. The first kappa shape index (κ1) is 42.7. The third kappa shape index (κ3) is 9.94. The van der Waals surface area contributed by atoms with Gasteiger partial charge in [-0.05, 0) is 88.1 Å². The van der Waals surface area contributed by atoms with Crippen LogP contribution in [-0.2, 0) is 19.1 Å². The van der Waals surface area contributed by atoms with Gasteiger partial charge in [0.1, 0.15) is 23.5 Å². The van der Waals surface area contributed by atoms with Crippen molar-refractivity contribution in [3.8, 4) is 12.1 Å². The topological polar surface area (TPSA) is 156 Å². The number of pyridine rings is 2. The molecule has 4 unspecified atom stereocenters. The van der Waals surface area contributed by atoms with Crippen molar-refractivity contribution in [1.29, 1.82) is 10.5 Å². The highest BCUT2D eigenvalue weighted by atomic mass is 19.1. The van der Waals surface area contributed by atoms with Crippen molar-refractivity contribution < 1.29 is 27.8 Å². The molecule has 2 saturated heterocycles. The molecular formula is C46H54F2N8O4. The van der Waals surface area contributed by atoms with Gasteiger partial charge in [0.05, 0.1) is 60.5 Å². The Morgan fingerprint density at radius 2 is 1.07 bits per heavy atom. The number of morpholine rings is 2. The summed E-state index contributed by atoms with van der Waals surface area (Å²) in [5.74, 6) is -0.546. The fraction of sp³-hybridized carbons (Fsp3) is 0.522. The first-order chi connectivity index (χ1) is 29.0. The number of carbonyl (C=O) groups is 2. The summed E-state index contributed by atoms with van der Waals surface area (Å²) in [4.78, 5) is 38.5. The second-order valence-electron chi connectivity index (χ2n) is 16.8. The maximum absolute atomic E-state index is 14.9. The molecule has 4 aliphatic rings. The monoisotopic (exact) mass is 820 g/mol. The Labute approximate surface area is 350 Å². The van der Waals surface area contributed by atoms with E-state index in [1.807, 2.05) is 50.2 Å². The summed E-state index contributed by atoms with van der Waals surface area (Å²) in [5, 5.41) is 26.1. The Kier molecular flexibility index (Phi) is 13.4.